The number of carbonyl (C=O) groups is 1. The van der Waals surface area contributed by atoms with Crippen LogP contribution in [0.15, 0.2) is 58.7 Å². The minimum Gasteiger partial charge on any atom is -0.339 e. The number of likely N-dealkylation sites (tertiary alicyclic amines) is 1. The van der Waals surface area contributed by atoms with Gasteiger partial charge in [0, 0.05) is 24.0 Å². The number of hydrogen-bond donors (Lipinski definition) is 1. The first-order valence-corrected chi connectivity index (χ1v) is 12.2. The van der Waals surface area contributed by atoms with E-state index in [9.17, 15) is 9.59 Å². The van der Waals surface area contributed by atoms with Gasteiger partial charge in [-0.1, -0.05) is 59.6 Å². The maximum atomic E-state index is 13.4. The van der Waals surface area contributed by atoms with Crippen molar-refractivity contribution in [3.63, 3.8) is 0 Å². The van der Waals surface area contributed by atoms with Crippen molar-refractivity contribution in [3.8, 4) is 11.1 Å². The third kappa shape index (κ3) is 4.34. The summed E-state index contributed by atoms with van der Waals surface area (Å²) in [7, 11) is 0. The topological polar surface area (TPSA) is 66.1 Å². The van der Waals surface area contributed by atoms with Gasteiger partial charge in [0.05, 0.1) is 21.0 Å². The summed E-state index contributed by atoms with van der Waals surface area (Å²) in [4.78, 5) is 36.5. The van der Waals surface area contributed by atoms with Gasteiger partial charge in [0.1, 0.15) is 10.7 Å². The van der Waals surface area contributed by atoms with Crippen LogP contribution in [0.25, 0.3) is 33.0 Å². The average Bonchev–Trinajstić information content (AvgIpc) is 3.50. The largest absolute Gasteiger partial charge is 0.339 e. The monoisotopic (exact) mass is 495 g/mol. The Morgan fingerprint density at radius 3 is 2.55 bits per heavy atom. The smallest absolute Gasteiger partial charge is 0.260 e. The molecule has 8 heteroatoms. The normalized spacial score (nSPS) is 14.2. The first kappa shape index (κ1) is 21.9. The van der Waals surface area contributed by atoms with Gasteiger partial charge >= 0.3 is 0 Å². The van der Waals surface area contributed by atoms with E-state index in [1.54, 1.807) is 29.2 Å². The third-order valence-corrected chi connectivity index (χ3v) is 7.27. The lowest BCUT2D eigenvalue weighted by molar-refractivity contribution is -0.123. The van der Waals surface area contributed by atoms with Crippen molar-refractivity contribution >= 4 is 62.3 Å². The van der Waals surface area contributed by atoms with Crippen LogP contribution in [0.2, 0.25) is 10.0 Å². The van der Waals surface area contributed by atoms with Crippen LogP contribution in [0.1, 0.15) is 24.2 Å². The summed E-state index contributed by atoms with van der Waals surface area (Å²) < 4.78 is 0. The average molecular weight is 496 g/mol. The van der Waals surface area contributed by atoms with E-state index in [0.717, 1.165) is 24.0 Å². The van der Waals surface area contributed by atoms with Crippen molar-refractivity contribution in [1.29, 1.82) is 0 Å². The van der Waals surface area contributed by atoms with Crippen molar-refractivity contribution in [1.82, 2.24) is 14.9 Å². The van der Waals surface area contributed by atoms with E-state index in [2.05, 4.69) is 4.98 Å². The molecule has 2 aromatic carbocycles. The molecule has 4 aromatic rings. The molecule has 0 unspecified atom stereocenters. The Bertz CT molecular complexity index is 1440. The summed E-state index contributed by atoms with van der Waals surface area (Å²) in [5, 5.41) is 3.27. The number of H-pyrrole nitrogens is 1. The zero-order valence-corrected chi connectivity index (χ0v) is 19.8. The summed E-state index contributed by atoms with van der Waals surface area (Å²) >= 11 is 13.6. The van der Waals surface area contributed by atoms with Crippen molar-refractivity contribution < 1.29 is 4.79 Å². The molecule has 2 aromatic heterocycles. The van der Waals surface area contributed by atoms with Crippen LogP contribution in [-0.4, -0.2) is 33.9 Å². The third-order valence-electron chi connectivity index (χ3n) is 5.66. The van der Waals surface area contributed by atoms with E-state index < -0.39 is 0 Å². The van der Waals surface area contributed by atoms with Crippen LogP contribution in [0.4, 0.5) is 0 Å². The molecular weight excluding hydrogens is 477 g/mol. The number of amides is 1. The highest BCUT2D eigenvalue weighted by molar-refractivity contribution is 7.17. The van der Waals surface area contributed by atoms with E-state index in [1.165, 1.54) is 11.3 Å². The Hall–Kier alpha value is -2.93. The number of hydrogen-bond acceptors (Lipinski definition) is 4. The molecular formula is C25H19Cl2N3O2S. The van der Waals surface area contributed by atoms with Gasteiger partial charge < -0.3 is 9.88 Å². The molecule has 0 bridgehead atoms. The van der Waals surface area contributed by atoms with Crippen LogP contribution in [0.3, 0.4) is 0 Å². The molecule has 0 saturated carbocycles. The molecule has 1 aliphatic heterocycles. The van der Waals surface area contributed by atoms with E-state index in [-0.39, 0.29) is 17.3 Å². The van der Waals surface area contributed by atoms with Crippen LogP contribution in [-0.2, 0) is 4.79 Å². The highest BCUT2D eigenvalue weighted by atomic mass is 35.5. The molecule has 0 atom stereocenters. The molecule has 0 radical (unpaired) electrons. The zero-order chi connectivity index (χ0) is 22.9. The molecule has 0 aliphatic carbocycles. The lowest BCUT2D eigenvalue weighted by atomic mass is 10.1. The van der Waals surface area contributed by atoms with E-state index in [4.69, 9.17) is 28.2 Å². The summed E-state index contributed by atoms with van der Waals surface area (Å²) in [6, 6.07) is 14.9. The van der Waals surface area contributed by atoms with E-state index in [1.807, 2.05) is 35.7 Å². The molecule has 1 aliphatic rings. The highest BCUT2D eigenvalue weighted by Crippen LogP contribution is 2.32. The second-order valence-electron chi connectivity index (χ2n) is 7.84. The highest BCUT2D eigenvalue weighted by Gasteiger charge is 2.25. The number of fused-ring (bicyclic) bond motifs is 1. The fourth-order valence-corrected chi connectivity index (χ4v) is 5.25. The van der Waals surface area contributed by atoms with Crippen molar-refractivity contribution in [2.45, 2.75) is 12.8 Å². The number of carbonyl (C=O) groups excluding carboxylic acids is 1. The maximum Gasteiger partial charge on any atom is 0.260 e. The van der Waals surface area contributed by atoms with Gasteiger partial charge in [-0.2, -0.15) is 0 Å². The molecule has 5 nitrogen and oxygen atoms in total. The van der Waals surface area contributed by atoms with Crippen molar-refractivity contribution in [2.75, 3.05) is 13.1 Å². The van der Waals surface area contributed by atoms with Gasteiger partial charge in [0.15, 0.2) is 0 Å². The van der Waals surface area contributed by atoms with E-state index >= 15 is 0 Å². The number of aromatic amines is 1. The molecule has 1 amide bonds. The maximum absolute atomic E-state index is 13.4. The zero-order valence-electron chi connectivity index (χ0n) is 17.5. The quantitative estimate of drug-likeness (QED) is 0.346. The number of halogens is 2. The number of thiophene rings is 1. The Balaban J connectivity index is 1.65. The Kier molecular flexibility index (Phi) is 6.06. The molecule has 3 heterocycles. The van der Waals surface area contributed by atoms with Crippen LogP contribution < -0.4 is 5.56 Å². The Labute approximate surface area is 204 Å². The Morgan fingerprint density at radius 2 is 1.82 bits per heavy atom. The molecule has 1 saturated heterocycles. The van der Waals surface area contributed by atoms with Gasteiger partial charge in [-0.05, 0) is 42.2 Å². The number of rotatable bonds is 4. The molecule has 0 spiro atoms. The molecule has 5 rings (SSSR count). The molecule has 166 valence electrons. The van der Waals surface area contributed by atoms with Crippen LogP contribution in [0.5, 0.6) is 0 Å². The standard InChI is InChI=1S/C25H19Cl2N3O2S/c26-19-9-8-15(13-20(19)27)12-17(25(32)30-10-4-5-11-30)22-28-23(31)21-18(14-33-24(21)29-22)16-6-2-1-3-7-16/h1-3,6-9,12-14H,4-5,10-11H2,(H,28,29,31)/b17-12+. The van der Waals surface area contributed by atoms with Gasteiger partial charge in [0.25, 0.3) is 11.5 Å². The van der Waals surface area contributed by atoms with Gasteiger partial charge in [-0.3, -0.25) is 9.59 Å². The fourth-order valence-electron chi connectivity index (χ4n) is 4.00. The van der Waals surface area contributed by atoms with Gasteiger partial charge in [-0.15, -0.1) is 11.3 Å². The minimum absolute atomic E-state index is 0.166. The number of aromatic nitrogens is 2. The summed E-state index contributed by atoms with van der Waals surface area (Å²) in [5.74, 6) is 0.0813. The molecule has 1 N–H and O–H groups in total. The van der Waals surface area contributed by atoms with Gasteiger partial charge in [0.2, 0.25) is 0 Å². The van der Waals surface area contributed by atoms with Gasteiger partial charge in [-0.25, -0.2) is 4.98 Å². The lowest BCUT2D eigenvalue weighted by Crippen LogP contribution is -2.29. The lowest BCUT2D eigenvalue weighted by Gasteiger charge is -2.17. The van der Waals surface area contributed by atoms with Crippen LogP contribution in [0, 0.1) is 0 Å². The van der Waals surface area contributed by atoms with Crippen molar-refractivity contribution in [2.24, 2.45) is 0 Å². The fraction of sp³-hybridized carbons (Fsp3) is 0.160. The molecule has 33 heavy (non-hydrogen) atoms. The SMILES string of the molecule is O=C(/C(=C/c1ccc(Cl)c(Cl)c1)c1nc2scc(-c3ccccc3)c2c(=O)[nH]1)N1CCCC1. The predicted octanol–water partition coefficient (Wildman–Crippen LogP) is 6.12. The Morgan fingerprint density at radius 1 is 1.06 bits per heavy atom. The summed E-state index contributed by atoms with van der Waals surface area (Å²) in [6.45, 7) is 1.36. The predicted molar refractivity (Wildman–Crippen MR) is 136 cm³/mol. The number of nitrogens with one attached hydrogen (secondary N) is 1. The second kappa shape index (κ2) is 9.14. The van der Waals surface area contributed by atoms with Crippen molar-refractivity contribution in [3.05, 3.63) is 85.7 Å². The first-order valence-electron chi connectivity index (χ1n) is 10.5. The summed E-state index contributed by atoms with van der Waals surface area (Å²) in [6.07, 6.45) is 3.62. The first-order chi connectivity index (χ1) is 16.0. The van der Waals surface area contributed by atoms with E-state index in [0.29, 0.717) is 44.5 Å². The second-order valence-corrected chi connectivity index (χ2v) is 9.51. The minimum atomic E-state index is -0.274. The number of benzene rings is 2. The van der Waals surface area contributed by atoms with Crippen LogP contribution >= 0.6 is 34.5 Å². The number of nitrogens with zero attached hydrogens (tertiary/aromatic N) is 2. The summed E-state index contributed by atoms with van der Waals surface area (Å²) in [5.41, 5.74) is 2.53. The molecule has 1 fully saturated rings.